The molecule has 2 rings (SSSR count). The Morgan fingerprint density at radius 3 is 2.67 bits per heavy atom. The molecule has 0 aromatic carbocycles. The van der Waals surface area contributed by atoms with E-state index in [4.69, 9.17) is 5.11 Å². The number of pyridine rings is 1. The largest absolute Gasteiger partial charge is 0.478 e. The molecule has 1 aromatic rings. The molecule has 1 aliphatic rings. The molecular weight excluding hydrogens is 194 g/mol. The number of aryl methyl sites for hydroxylation is 1. The van der Waals surface area contributed by atoms with Gasteiger partial charge in [-0.25, -0.2) is 4.79 Å². The summed E-state index contributed by atoms with van der Waals surface area (Å²) < 4.78 is 1.73. The molecule has 15 heavy (non-hydrogen) atoms. The summed E-state index contributed by atoms with van der Waals surface area (Å²) in [6.07, 6.45) is 2.74. The highest BCUT2D eigenvalue weighted by molar-refractivity contribution is 5.87. The van der Waals surface area contributed by atoms with Gasteiger partial charge >= 0.3 is 5.97 Å². The minimum absolute atomic E-state index is 0.0914. The van der Waals surface area contributed by atoms with Crippen molar-refractivity contribution in [1.29, 1.82) is 0 Å². The molecule has 4 nitrogen and oxygen atoms in total. The van der Waals surface area contributed by atoms with Crippen LogP contribution in [0.25, 0.3) is 0 Å². The molecular formula is C11H13NO3. The van der Waals surface area contributed by atoms with Crippen molar-refractivity contribution < 1.29 is 9.90 Å². The molecule has 1 fully saturated rings. The number of carbonyl (C=O) groups is 1. The predicted molar refractivity (Wildman–Crippen MR) is 55.3 cm³/mol. The standard InChI is InChI=1S/C11H13NO3/c1-2-8-5-7(11(14)15)6-10(13)12(8)9-3-4-9/h5-6,9H,2-4H2,1H3,(H,14,15). The van der Waals surface area contributed by atoms with Crippen LogP contribution in [0.3, 0.4) is 0 Å². The van der Waals surface area contributed by atoms with Crippen LogP contribution in [0, 0.1) is 0 Å². The van der Waals surface area contributed by atoms with Crippen molar-refractivity contribution in [2.24, 2.45) is 0 Å². The van der Waals surface area contributed by atoms with Crippen LogP contribution in [0.1, 0.15) is 41.9 Å². The van der Waals surface area contributed by atoms with Gasteiger partial charge in [0.05, 0.1) is 5.56 Å². The van der Waals surface area contributed by atoms with E-state index in [9.17, 15) is 9.59 Å². The fourth-order valence-corrected chi connectivity index (χ4v) is 1.78. The Balaban J connectivity index is 2.56. The van der Waals surface area contributed by atoms with Crippen LogP contribution in [-0.2, 0) is 6.42 Å². The van der Waals surface area contributed by atoms with Crippen LogP contribution in [-0.4, -0.2) is 15.6 Å². The monoisotopic (exact) mass is 207 g/mol. The number of aromatic nitrogens is 1. The van der Waals surface area contributed by atoms with Gasteiger partial charge in [-0.05, 0) is 25.3 Å². The molecule has 1 N–H and O–H groups in total. The molecule has 1 heterocycles. The van der Waals surface area contributed by atoms with Crippen molar-refractivity contribution in [2.75, 3.05) is 0 Å². The average Bonchev–Trinajstić information content (AvgIpc) is 2.99. The number of aromatic carboxylic acids is 1. The van der Waals surface area contributed by atoms with Gasteiger partial charge in [0.15, 0.2) is 0 Å². The Morgan fingerprint density at radius 1 is 1.53 bits per heavy atom. The van der Waals surface area contributed by atoms with Crippen LogP contribution in [0.15, 0.2) is 16.9 Å². The maximum atomic E-state index is 11.7. The maximum Gasteiger partial charge on any atom is 0.335 e. The van der Waals surface area contributed by atoms with Gasteiger partial charge in [-0.15, -0.1) is 0 Å². The van der Waals surface area contributed by atoms with E-state index in [1.54, 1.807) is 10.6 Å². The van der Waals surface area contributed by atoms with Crippen molar-refractivity contribution >= 4 is 5.97 Å². The summed E-state index contributed by atoms with van der Waals surface area (Å²) in [7, 11) is 0. The van der Waals surface area contributed by atoms with Crippen LogP contribution >= 0.6 is 0 Å². The first-order chi connectivity index (χ1) is 7.13. The van der Waals surface area contributed by atoms with Crippen molar-refractivity contribution in [3.8, 4) is 0 Å². The van der Waals surface area contributed by atoms with E-state index >= 15 is 0 Å². The molecule has 1 aromatic heterocycles. The van der Waals surface area contributed by atoms with Gasteiger partial charge in [0.25, 0.3) is 5.56 Å². The third-order valence-electron chi connectivity index (χ3n) is 2.67. The van der Waals surface area contributed by atoms with Crippen molar-refractivity contribution in [2.45, 2.75) is 32.2 Å². The highest BCUT2D eigenvalue weighted by Gasteiger charge is 2.26. The summed E-state index contributed by atoms with van der Waals surface area (Å²) in [5.74, 6) is -1.04. The summed E-state index contributed by atoms with van der Waals surface area (Å²) in [5, 5.41) is 8.83. The van der Waals surface area contributed by atoms with Gasteiger partial charge in [-0.1, -0.05) is 6.92 Å². The highest BCUT2D eigenvalue weighted by atomic mass is 16.4. The Hall–Kier alpha value is -1.58. The molecule has 0 atom stereocenters. The molecule has 1 aliphatic carbocycles. The van der Waals surface area contributed by atoms with Gasteiger partial charge in [0, 0.05) is 17.8 Å². The zero-order valence-corrected chi connectivity index (χ0v) is 8.56. The average molecular weight is 207 g/mol. The minimum Gasteiger partial charge on any atom is -0.478 e. The second kappa shape index (κ2) is 3.53. The first-order valence-corrected chi connectivity index (χ1v) is 5.12. The number of carboxylic acid groups (broad SMARTS) is 1. The summed E-state index contributed by atoms with van der Waals surface area (Å²) >= 11 is 0. The molecule has 0 saturated heterocycles. The third-order valence-corrected chi connectivity index (χ3v) is 2.67. The molecule has 0 radical (unpaired) electrons. The van der Waals surface area contributed by atoms with Gasteiger partial charge in [-0.2, -0.15) is 0 Å². The van der Waals surface area contributed by atoms with Crippen LogP contribution in [0.2, 0.25) is 0 Å². The molecule has 0 unspecified atom stereocenters. The summed E-state index contributed by atoms with van der Waals surface area (Å²) in [4.78, 5) is 22.5. The lowest BCUT2D eigenvalue weighted by Crippen LogP contribution is -2.23. The zero-order chi connectivity index (χ0) is 11.0. The van der Waals surface area contributed by atoms with Crippen LogP contribution < -0.4 is 5.56 Å². The van der Waals surface area contributed by atoms with E-state index in [0.717, 1.165) is 18.5 Å². The topological polar surface area (TPSA) is 59.3 Å². The Morgan fingerprint density at radius 2 is 2.20 bits per heavy atom. The SMILES string of the molecule is CCc1cc(C(=O)O)cc(=O)n1C1CC1. The lowest BCUT2D eigenvalue weighted by molar-refractivity contribution is 0.0696. The highest BCUT2D eigenvalue weighted by Crippen LogP contribution is 2.34. The fourth-order valence-electron chi connectivity index (χ4n) is 1.78. The van der Waals surface area contributed by atoms with E-state index in [2.05, 4.69) is 0 Å². The number of carboxylic acids is 1. The second-order valence-electron chi connectivity index (χ2n) is 3.83. The molecule has 0 amide bonds. The quantitative estimate of drug-likeness (QED) is 0.815. The first kappa shape index (κ1) is 9.96. The molecule has 1 saturated carbocycles. The Kier molecular flexibility index (Phi) is 2.34. The Labute approximate surface area is 87.2 Å². The number of hydrogen-bond donors (Lipinski definition) is 1. The van der Waals surface area contributed by atoms with E-state index in [0.29, 0.717) is 12.5 Å². The summed E-state index contributed by atoms with van der Waals surface area (Å²) in [5.41, 5.74) is 0.727. The molecule has 0 spiro atoms. The normalized spacial score (nSPS) is 15.3. The number of hydrogen-bond acceptors (Lipinski definition) is 2. The van der Waals surface area contributed by atoms with E-state index < -0.39 is 5.97 Å². The summed E-state index contributed by atoms with van der Waals surface area (Å²) in [6.45, 7) is 1.93. The van der Waals surface area contributed by atoms with E-state index in [1.807, 2.05) is 6.92 Å². The lowest BCUT2D eigenvalue weighted by atomic mass is 10.2. The number of rotatable bonds is 3. The molecule has 0 bridgehead atoms. The van der Waals surface area contributed by atoms with Crippen LogP contribution in [0.5, 0.6) is 0 Å². The van der Waals surface area contributed by atoms with Crippen molar-refractivity contribution in [1.82, 2.24) is 4.57 Å². The second-order valence-corrected chi connectivity index (χ2v) is 3.83. The lowest BCUT2D eigenvalue weighted by Gasteiger charge is -2.10. The zero-order valence-electron chi connectivity index (χ0n) is 8.56. The molecule has 80 valence electrons. The third kappa shape index (κ3) is 1.79. The predicted octanol–water partition coefficient (Wildman–Crippen LogP) is 1.44. The number of nitrogens with zero attached hydrogens (tertiary/aromatic N) is 1. The Bertz CT molecular complexity index is 457. The van der Waals surface area contributed by atoms with Gasteiger partial charge < -0.3 is 9.67 Å². The molecule has 4 heteroatoms. The van der Waals surface area contributed by atoms with Gasteiger partial charge in [-0.3, -0.25) is 4.79 Å². The van der Waals surface area contributed by atoms with Gasteiger partial charge in [0.2, 0.25) is 0 Å². The maximum absolute atomic E-state index is 11.7. The fraction of sp³-hybridized carbons (Fsp3) is 0.455. The van der Waals surface area contributed by atoms with Crippen molar-refractivity contribution in [3.63, 3.8) is 0 Å². The summed E-state index contributed by atoms with van der Waals surface area (Å²) in [6, 6.07) is 3.11. The van der Waals surface area contributed by atoms with E-state index in [-0.39, 0.29) is 11.1 Å². The van der Waals surface area contributed by atoms with E-state index in [1.165, 1.54) is 6.07 Å². The molecule has 0 aliphatic heterocycles. The minimum atomic E-state index is -1.04. The van der Waals surface area contributed by atoms with Crippen LogP contribution in [0.4, 0.5) is 0 Å². The smallest absolute Gasteiger partial charge is 0.335 e. The first-order valence-electron chi connectivity index (χ1n) is 5.12. The van der Waals surface area contributed by atoms with Crippen molar-refractivity contribution in [3.05, 3.63) is 33.7 Å². The van der Waals surface area contributed by atoms with Gasteiger partial charge in [0.1, 0.15) is 0 Å².